The minimum Gasteiger partial charge on any atom is -0.495 e. The van der Waals surface area contributed by atoms with Crippen LogP contribution in [-0.2, 0) is 14.8 Å². The van der Waals surface area contributed by atoms with Crippen molar-refractivity contribution < 1.29 is 17.9 Å². The average Bonchev–Trinajstić information content (AvgIpc) is 2.61. The zero-order chi connectivity index (χ0) is 20.2. The van der Waals surface area contributed by atoms with Gasteiger partial charge in [0.2, 0.25) is 15.9 Å². The van der Waals surface area contributed by atoms with Crippen molar-refractivity contribution in [1.29, 1.82) is 0 Å². The van der Waals surface area contributed by atoms with Gasteiger partial charge in [0, 0.05) is 12.7 Å². The number of amides is 1. The standard InChI is InChI=1S/C20H26N2O4S/c1-14(2)16-7-9-17(10-8-16)21-20(23)13-22(4)27(24,25)19-12-15(3)6-11-18(19)26-5/h6-12,14H,13H2,1-5H3,(H,21,23). The fourth-order valence-electron chi connectivity index (χ4n) is 2.59. The summed E-state index contributed by atoms with van der Waals surface area (Å²) >= 11 is 0. The molecule has 0 atom stereocenters. The van der Waals surface area contributed by atoms with Gasteiger partial charge >= 0.3 is 0 Å². The summed E-state index contributed by atoms with van der Waals surface area (Å²) in [6.45, 7) is 5.68. The molecule has 0 radical (unpaired) electrons. The highest BCUT2D eigenvalue weighted by Gasteiger charge is 2.26. The molecule has 1 amide bonds. The van der Waals surface area contributed by atoms with Crippen molar-refractivity contribution in [3.05, 3.63) is 53.6 Å². The first kappa shape index (κ1) is 20.9. The third-order valence-corrected chi connectivity index (χ3v) is 6.06. The number of nitrogens with one attached hydrogen (secondary N) is 1. The summed E-state index contributed by atoms with van der Waals surface area (Å²) in [5.41, 5.74) is 2.58. The van der Waals surface area contributed by atoms with Crippen LogP contribution in [0.3, 0.4) is 0 Å². The summed E-state index contributed by atoms with van der Waals surface area (Å²) in [5.74, 6) is 0.234. The van der Waals surface area contributed by atoms with Gasteiger partial charge in [0.25, 0.3) is 0 Å². The maximum absolute atomic E-state index is 12.8. The van der Waals surface area contributed by atoms with Crippen LogP contribution in [0.15, 0.2) is 47.4 Å². The van der Waals surface area contributed by atoms with Gasteiger partial charge in [-0.2, -0.15) is 4.31 Å². The molecule has 0 aliphatic carbocycles. The Hall–Kier alpha value is -2.38. The molecular formula is C20H26N2O4S. The Labute approximate surface area is 161 Å². The number of carbonyl (C=O) groups excluding carboxylic acids is 1. The third kappa shape index (κ3) is 5.08. The van der Waals surface area contributed by atoms with Gasteiger partial charge in [0.1, 0.15) is 10.6 Å². The molecule has 0 aliphatic heterocycles. The Bertz CT molecular complexity index is 906. The molecule has 27 heavy (non-hydrogen) atoms. The number of anilines is 1. The molecule has 0 spiro atoms. The summed E-state index contributed by atoms with van der Waals surface area (Å²) in [6.07, 6.45) is 0. The van der Waals surface area contributed by atoms with Crippen molar-refractivity contribution in [2.24, 2.45) is 0 Å². The van der Waals surface area contributed by atoms with Crippen molar-refractivity contribution >= 4 is 21.6 Å². The lowest BCUT2D eigenvalue weighted by molar-refractivity contribution is -0.116. The Morgan fingerprint density at radius 1 is 1.15 bits per heavy atom. The second-order valence-corrected chi connectivity index (χ2v) is 8.75. The van der Waals surface area contributed by atoms with Crippen LogP contribution in [0.2, 0.25) is 0 Å². The summed E-state index contributed by atoms with van der Waals surface area (Å²) < 4.78 is 31.9. The van der Waals surface area contributed by atoms with Crippen LogP contribution in [-0.4, -0.2) is 39.3 Å². The van der Waals surface area contributed by atoms with Gasteiger partial charge in [-0.25, -0.2) is 8.42 Å². The molecule has 2 aromatic rings. The minimum absolute atomic E-state index is 0.0431. The molecule has 2 aromatic carbocycles. The van der Waals surface area contributed by atoms with Crippen molar-refractivity contribution in [2.45, 2.75) is 31.6 Å². The Morgan fingerprint density at radius 3 is 2.33 bits per heavy atom. The normalized spacial score (nSPS) is 11.7. The van der Waals surface area contributed by atoms with E-state index in [-0.39, 0.29) is 17.2 Å². The summed E-state index contributed by atoms with van der Waals surface area (Å²) in [4.78, 5) is 12.3. The molecule has 0 aromatic heterocycles. The zero-order valence-electron chi connectivity index (χ0n) is 16.3. The van der Waals surface area contributed by atoms with Crippen LogP contribution in [0.1, 0.15) is 30.9 Å². The Kier molecular flexibility index (Phi) is 6.62. The van der Waals surface area contributed by atoms with Gasteiger partial charge in [-0.1, -0.05) is 32.0 Å². The maximum Gasteiger partial charge on any atom is 0.246 e. The van der Waals surface area contributed by atoms with Crippen molar-refractivity contribution in [3.8, 4) is 5.75 Å². The van der Waals surface area contributed by atoms with E-state index >= 15 is 0 Å². The maximum atomic E-state index is 12.8. The van der Waals surface area contributed by atoms with Gasteiger partial charge in [0.15, 0.2) is 0 Å². The highest BCUT2D eigenvalue weighted by Crippen LogP contribution is 2.27. The van der Waals surface area contributed by atoms with E-state index in [0.29, 0.717) is 11.6 Å². The predicted molar refractivity (Wildman–Crippen MR) is 107 cm³/mol. The van der Waals surface area contributed by atoms with Gasteiger partial charge in [-0.3, -0.25) is 4.79 Å². The van der Waals surface area contributed by atoms with E-state index in [4.69, 9.17) is 4.74 Å². The molecule has 0 heterocycles. The lowest BCUT2D eigenvalue weighted by Crippen LogP contribution is -2.35. The molecule has 2 rings (SSSR count). The van der Waals surface area contributed by atoms with Crippen molar-refractivity contribution in [1.82, 2.24) is 4.31 Å². The van der Waals surface area contributed by atoms with Crippen LogP contribution in [0.25, 0.3) is 0 Å². The molecule has 0 bridgehead atoms. The van der Waals surface area contributed by atoms with E-state index in [9.17, 15) is 13.2 Å². The number of sulfonamides is 1. The largest absolute Gasteiger partial charge is 0.495 e. The number of hydrogen-bond acceptors (Lipinski definition) is 4. The first-order chi connectivity index (χ1) is 12.6. The van der Waals surface area contributed by atoms with E-state index in [1.54, 1.807) is 19.1 Å². The number of benzene rings is 2. The first-order valence-electron chi connectivity index (χ1n) is 8.66. The molecule has 1 N–H and O–H groups in total. The smallest absolute Gasteiger partial charge is 0.246 e. The van der Waals surface area contributed by atoms with Crippen molar-refractivity contribution in [3.63, 3.8) is 0 Å². The summed E-state index contributed by atoms with van der Waals surface area (Å²) in [5, 5.41) is 2.73. The molecule has 0 saturated carbocycles. The number of carbonyl (C=O) groups is 1. The second-order valence-electron chi connectivity index (χ2n) is 6.74. The molecule has 146 valence electrons. The number of hydrogen-bond donors (Lipinski definition) is 1. The van der Waals surface area contributed by atoms with E-state index in [1.807, 2.05) is 24.3 Å². The second kappa shape index (κ2) is 8.54. The van der Waals surface area contributed by atoms with E-state index in [1.165, 1.54) is 25.8 Å². The predicted octanol–water partition coefficient (Wildman–Crippen LogP) is 3.39. The lowest BCUT2D eigenvalue weighted by atomic mass is 10.0. The molecule has 0 fully saturated rings. The van der Waals surface area contributed by atoms with Gasteiger partial charge in [-0.05, 0) is 48.2 Å². The number of likely N-dealkylation sites (N-methyl/N-ethyl adjacent to an activating group) is 1. The third-order valence-electron chi connectivity index (χ3n) is 4.23. The SMILES string of the molecule is COc1ccc(C)cc1S(=O)(=O)N(C)CC(=O)Nc1ccc(C(C)C)cc1. The number of methoxy groups -OCH3 is 1. The Balaban J connectivity index is 2.12. The molecule has 0 saturated heterocycles. The average molecular weight is 391 g/mol. The first-order valence-corrected chi connectivity index (χ1v) is 10.1. The van der Waals surface area contributed by atoms with Crippen LogP contribution >= 0.6 is 0 Å². The number of aryl methyl sites for hydroxylation is 1. The molecule has 0 unspecified atom stereocenters. The lowest BCUT2D eigenvalue weighted by Gasteiger charge is -2.19. The monoisotopic (exact) mass is 390 g/mol. The van der Waals surface area contributed by atoms with Crippen molar-refractivity contribution in [2.75, 3.05) is 26.0 Å². The zero-order valence-corrected chi connectivity index (χ0v) is 17.1. The van der Waals surface area contributed by atoms with E-state index < -0.39 is 15.9 Å². The highest BCUT2D eigenvalue weighted by molar-refractivity contribution is 7.89. The quantitative estimate of drug-likeness (QED) is 0.786. The molecular weight excluding hydrogens is 364 g/mol. The van der Waals surface area contributed by atoms with Gasteiger partial charge < -0.3 is 10.1 Å². The van der Waals surface area contributed by atoms with E-state index in [0.717, 1.165) is 9.87 Å². The fraction of sp³-hybridized carbons (Fsp3) is 0.350. The topological polar surface area (TPSA) is 75.7 Å². The highest BCUT2D eigenvalue weighted by atomic mass is 32.2. The summed E-state index contributed by atoms with van der Waals surface area (Å²) in [6, 6.07) is 12.4. The number of rotatable bonds is 7. The van der Waals surface area contributed by atoms with Crippen LogP contribution < -0.4 is 10.1 Å². The summed E-state index contributed by atoms with van der Waals surface area (Å²) in [7, 11) is -1.07. The Morgan fingerprint density at radius 2 is 1.78 bits per heavy atom. The van der Waals surface area contributed by atoms with Crippen LogP contribution in [0.5, 0.6) is 5.75 Å². The number of ether oxygens (including phenoxy) is 1. The molecule has 7 heteroatoms. The minimum atomic E-state index is -3.86. The van der Waals surface area contributed by atoms with Gasteiger partial charge in [0.05, 0.1) is 13.7 Å². The van der Waals surface area contributed by atoms with Crippen LogP contribution in [0, 0.1) is 6.92 Å². The number of nitrogens with zero attached hydrogens (tertiary/aromatic N) is 1. The van der Waals surface area contributed by atoms with Crippen LogP contribution in [0.4, 0.5) is 5.69 Å². The fourth-order valence-corrected chi connectivity index (χ4v) is 3.96. The molecule has 0 aliphatic rings. The van der Waals surface area contributed by atoms with E-state index in [2.05, 4.69) is 19.2 Å². The molecule has 6 nitrogen and oxygen atoms in total. The van der Waals surface area contributed by atoms with Gasteiger partial charge in [-0.15, -0.1) is 0 Å².